The molecule has 194 valence electrons. The Bertz CT molecular complexity index is 1370. The molecule has 0 unspecified atom stereocenters. The Hall–Kier alpha value is -3.75. The molecular weight excluding hydrogens is 505 g/mol. The van der Waals surface area contributed by atoms with Crippen LogP contribution >= 0.6 is 11.3 Å². The first-order valence-corrected chi connectivity index (χ1v) is 11.9. The number of pyridine rings is 1. The van der Waals surface area contributed by atoms with Gasteiger partial charge in [-0.2, -0.15) is 13.2 Å². The van der Waals surface area contributed by atoms with E-state index in [1.807, 2.05) is 6.92 Å². The second-order valence-electron chi connectivity index (χ2n) is 9.04. The summed E-state index contributed by atoms with van der Waals surface area (Å²) in [6.45, 7) is 5.15. The molecule has 0 radical (unpaired) electrons. The molecule has 0 saturated heterocycles. The first-order valence-electron chi connectivity index (χ1n) is 11.1. The molecule has 0 atom stereocenters. The predicted octanol–water partition coefficient (Wildman–Crippen LogP) is 4.93. The molecule has 0 aliphatic carbocycles. The highest BCUT2D eigenvalue weighted by atomic mass is 32.1. The van der Waals surface area contributed by atoms with Gasteiger partial charge in [-0.05, 0) is 50.5 Å². The van der Waals surface area contributed by atoms with Gasteiger partial charge in [-0.25, -0.2) is 9.78 Å². The van der Waals surface area contributed by atoms with E-state index in [-0.39, 0.29) is 24.4 Å². The highest BCUT2D eigenvalue weighted by molar-refractivity contribution is 7.16. The number of aliphatic hydroxyl groups is 1. The standard InChI is InChI=1S/C26H25F3N4O3S/c1-16-5-6-18(22(34)13-20-12-19(9-10-30-20)26(27,28)29)11-17(16)7-8-21-14-31-23(37-21)32-24(35)33(4)15-25(2,3)36/h5-6,9-12,14,36H,13,15H2,1-4H3,(H,31,32,35). The second-order valence-corrected chi connectivity index (χ2v) is 10.1. The number of nitrogens with zero attached hydrogens (tertiary/aromatic N) is 3. The van der Waals surface area contributed by atoms with E-state index in [9.17, 15) is 27.9 Å². The number of benzene rings is 1. The zero-order chi connectivity index (χ0) is 27.4. The van der Waals surface area contributed by atoms with Gasteiger partial charge in [-0.1, -0.05) is 29.4 Å². The Morgan fingerprint density at radius 2 is 1.86 bits per heavy atom. The summed E-state index contributed by atoms with van der Waals surface area (Å²) in [5, 5.41) is 12.8. The number of hydrogen-bond acceptors (Lipinski definition) is 6. The number of thiazole rings is 1. The lowest BCUT2D eigenvalue weighted by Gasteiger charge is -2.25. The van der Waals surface area contributed by atoms with Crippen molar-refractivity contribution in [1.29, 1.82) is 0 Å². The highest BCUT2D eigenvalue weighted by Gasteiger charge is 2.30. The van der Waals surface area contributed by atoms with E-state index in [2.05, 4.69) is 27.1 Å². The molecule has 0 bridgehead atoms. The van der Waals surface area contributed by atoms with Crippen molar-refractivity contribution in [2.24, 2.45) is 0 Å². The molecule has 2 heterocycles. The number of carbonyl (C=O) groups is 2. The van der Waals surface area contributed by atoms with Gasteiger partial charge in [-0.3, -0.25) is 15.1 Å². The smallest absolute Gasteiger partial charge is 0.389 e. The Morgan fingerprint density at radius 3 is 2.54 bits per heavy atom. The van der Waals surface area contributed by atoms with E-state index in [1.165, 1.54) is 11.1 Å². The molecule has 0 spiro atoms. The number of urea groups is 1. The van der Waals surface area contributed by atoms with E-state index in [1.54, 1.807) is 39.1 Å². The molecule has 0 fully saturated rings. The monoisotopic (exact) mass is 530 g/mol. The minimum Gasteiger partial charge on any atom is -0.389 e. The zero-order valence-electron chi connectivity index (χ0n) is 20.6. The number of anilines is 1. The van der Waals surface area contributed by atoms with Crippen LogP contribution in [0.15, 0.2) is 42.7 Å². The van der Waals surface area contributed by atoms with E-state index >= 15 is 0 Å². The fourth-order valence-corrected chi connectivity index (χ4v) is 3.97. The number of hydrogen-bond donors (Lipinski definition) is 2. The number of likely N-dealkylation sites (N-methyl/N-ethyl adjacent to an activating group) is 1. The van der Waals surface area contributed by atoms with Gasteiger partial charge in [0.1, 0.15) is 0 Å². The summed E-state index contributed by atoms with van der Waals surface area (Å²) in [5.74, 6) is 5.56. The van der Waals surface area contributed by atoms with Gasteiger partial charge in [0.2, 0.25) is 0 Å². The summed E-state index contributed by atoms with van der Waals surface area (Å²) in [5.41, 5.74) is -0.172. The molecule has 7 nitrogen and oxygen atoms in total. The number of aryl methyl sites for hydroxylation is 1. The SMILES string of the molecule is Cc1ccc(C(=O)Cc2cc(C(F)(F)F)ccn2)cc1C#Cc1cnc(NC(=O)N(C)CC(C)(C)O)s1. The molecule has 3 aromatic rings. The molecule has 11 heteroatoms. The summed E-state index contributed by atoms with van der Waals surface area (Å²) < 4.78 is 38.8. The Labute approximate surface area is 216 Å². The van der Waals surface area contributed by atoms with Gasteiger partial charge < -0.3 is 10.0 Å². The molecule has 37 heavy (non-hydrogen) atoms. The minimum atomic E-state index is -4.51. The molecule has 2 amide bonds. The molecule has 1 aromatic carbocycles. The Balaban J connectivity index is 1.71. The van der Waals surface area contributed by atoms with Crippen LogP contribution in [0.25, 0.3) is 0 Å². The lowest BCUT2D eigenvalue weighted by molar-refractivity contribution is -0.137. The van der Waals surface area contributed by atoms with Crippen LogP contribution in [0.5, 0.6) is 0 Å². The quantitative estimate of drug-likeness (QED) is 0.348. The summed E-state index contributed by atoms with van der Waals surface area (Å²) in [7, 11) is 1.56. The zero-order valence-corrected chi connectivity index (χ0v) is 21.4. The average Bonchev–Trinajstić information content (AvgIpc) is 3.24. The maximum atomic E-state index is 12.9. The second kappa shape index (κ2) is 11.1. The van der Waals surface area contributed by atoms with E-state index < -0.39 is 23.4 Å². The Morgan fingerprint density at radius 1 is 1.14 bits per heavy atom. The maximum absolute atomic E-state index is 12.9. The average molecular weight is 531 g/mol. The van der Waals surface area contributed by atoms with Gasteiger partial charge in [0.05, 0.1) is 35.2 Å². The number of halogens is 3. The van der Waals surface area contributed by atoms with Gasteiger partial charge in [0.15, 0.2) is 10.9 Å². The third-order valence-corrected chi connectivity index (χ3v) is 5.88. The van der Waals surface area contributed by atoms with Gasteiger partial charge in [0.25, 0.3) is 0 Å². The first kappa shape index (κ1) is 27.8. The number of alkyl halides is 3. The number of ketones is 1. The van der Waals surface area contributed by atoms with Crippen molar-refractivity contribution in [1.82, 2.24) is 14.9 Å². The third kappa shape index (κ3) is 8.13. The fourth-order valence-electron chi connectivity index (χ4n) is 3.31. The van der Waals surface area contributed by atoms with Crippen molar-refractivity contribution in [3.05, 3.63) is 75.6 Å². The minimum absolute atomic E-state index is 0.0282. The maximum Gasteiger partial charge on any atom is 0.416 e. The van der Waals surface area contributed by atoms with Crippen molar-refractivity contribution in [2.75, 3.05) is 18.9 Å². The van der Waals surface area contributed by atoms with Crippen LogP contribution in [0.3, 0.4) is 0 Å². The molecule has 2 N–H and O–H groups in total. The normalized spacial score (nSPS) is 11.5. The van der Waals surface area contributed by atoms with Crippen LogP contribution in [-0.4, -0.2) is 51.0 Å². The summed E-state index contributed by atoms with van der Waals surface area (Å²) in [6.07, 6.45) is -2.25. The fraction of sp³-hybridized carbons (Fsp3) is 0.308. The van der Waals surface area contributed by atoms with Crippen molar-refractivity contribution in [2.45, 2.75) is 39.0 Å². The van der Waals surface area contributed by atoms with E-state index in [0.717, 1.165) is 35.2 Å². The first-order chi connectivity index (χ1) is 17.2. The predicted molar refractivity (Wildman–Crippen MR) is 134 cm³/mol. The molecule has 0 aliphatic heterocycles. The molecule has 0 aliphatic rings. The van der Waals surface area contributed by atoms with Crippen molar-refractivity contribution >= 4 is 28.3 Å². The lowest BCUT2D eigenvalue weighted by Crippen LogP contribution is -2.41. The van der Waals surface area contributed by atoms with Crippen molar-refractivity contribution in [3.63, 3.8) is 0 Å². The number of carbonyl (C=O) groups excluding carboxylic acids is 2. The number of rotatable bonds is 6. The number of nitrogens with one attached hydrogen (secondary N) is 1. The third-order valence-electron chi connectivity index (χ3n) is 5.06. The molecule has 0 saturated carbocycles. The van der Waals surface area contributed by atoms with Gasteiger partial charge in [-0.15, -0.1) is 0 Å². The van der Waals surface area contributed by atoms with E-state index in [0.29, 0.717) is 21.1 Å². The lowest BCUT2D eigenvalue weighted by atomic mass is 10.00. The molecule has 3 rings (SSSR count). The molecular formula is C26H25F3N4O3S. The highest BCUT2D eigenvalue weighted by Crippen LogP contribution is 2.29. The number of amides is 2. The number of aromatic nitrogens is 2. The van der Waals surface area contributed by atoms with Crippen molar-refractivity contribution < 1.29 is 27.9 Å². The molecule has 2 aromatic heterocycles. The van der Waals surface area contributed by atoms with Gasteiger partial charge >= 0.3 is 12.2 Å². The number of Topliss-reactive ketones (excluding diaryl/α,β-unsaturated/α-hetero) is 1. The van der Waals surface area contributed by atoms with Crippen LogP contribution in [0, 0.1) is 18.8 Å². The topological polar surface area (TPSA) is 95.4 Å². The van der Waals surface area contributed by atoms with Crippen LogP contribution in [-0.2, 0) is 12.6 Å². The van der Waals surface area contributed by atoms with E-state index in [4.69, 9.17) is 0 Å². The summed E-state index contributed by atoms with van der Waals surface area (Å²) >= 11 is 1.16. The van der Waals surface area contributed by atoms with Crippen LogP contribution in [0.2, 0.25) is 0 Å². The van der Waals surface area contributed by atoms with Crippen LogP contribution in [0.4, 0.5) is 23.1 Å². The summed E-state index contributed by atoms with van der Waals surface area (Å²) in [6, 6.07) is 6.21. The van der Waals surface area contributed by atoms with Crippen LogP contribution in [0.1, 0.15) is 51.5 Å². The summed E-state index contributed by atoms with van der Waals surface area (Å²) in [4.78, 5) is 34.9. The van der Waals surface area contributed by atoms with Crippen LogP contribution < -0.4 is 5.32 Å². The largest absolute Gasteiger partial charge is 0.416 e. The van der Waals surface area contributed by atoms with Crippen molar-refractivity contribution in [3.8, 4) is 11.8 Å². The Kier molecular flexibility index (Phi) is 8.35. The van der Waals surface area contributed by atoms with Gasteiger partial charge in [0, 0.05) is 30.1 Å².